The summed E-state index contributed by atoms with van der Waals surface area (Å²) in [6.45, 7) is 0. The average molecular weight is 193 g/mol. The van der Waals surface area contributed by atoms with Gasteiger partial charge in [-0.3, -0.25) is 0 Å². The van der Waals surface area contributed by atoms with Gasteiger partial charge in [0.15, 0.2) is 0 Å². The maximum Gasteiger partial charge on any atom is 0.143 e. The summed E-state index contributed by atoms with van der Waals surface area (Å²) in [6.07, 6.45) is 1.14. The lowest BCUT2D eigenvalue weighted by atomic mass is 10.1. The summed E-state index contributed by atoms with van der Waals surface area (Å²) < 4.78 is 0. The van der Waals surface area contributed by atoms with Crippen molar-refractivity contribution in [2.75, 3.05) is 0 Å². The molecule has 0 aliphatic rings. The second-order valence-electron chi connectivity index (χ2n) is 2.23. The van der Waals surface area contributed by atoms with Gasteiger partial charge in [0.2, 0.25) is 0 Å². The van der Waals surface area contributed by atoms with E-state index in [-0.39, 0.29) is 23.1 Å². The molecule has 0 saturated carbocycles. The Kier molecular flexibility index (Phi) is 5.13. The third kappa shape index (κ3) is 3.43. The summed E-state index contributed by atoms with van der Waals surface area (Å²) in [6, 6.07) is 8.02. The van der Waals surface area contributed by atoms with Gasteiger partial charge in [-0.15, -0.1) is 0 Å². The average Bonchev–Trinajstić information content (AvgIpc) is 2.29. The fourth-order valence-electron chi connectivity index (χ4n) is 0.684. The molecule has 68 valence electrons. The van der Waals surface area contributed by atoms with Gasteiger partial charge in [-0.1, -0.05) is 6.08 Å². The molecule has 5 nitrogen and oxygen atoms in total. The molecule has 0 aromatic heterocycles. The van der Waals surface area contributed by atoms with Crippen molar-refractivity contribution in [2.24, 2.45) is 0 Å². The number of hydrogen-bond donors (Lipinski definition) is 0. The molecule has 0 unspecified atom stereocenters. The van der Waals surface area contributed by atoms with Crippen molar-refractivity contribution in [1.29, 1.82) is 26.3 Å². The zero-order valence-electron chi connectivity index (χ0n) is 7.52. The van der Waals surface area contributed by atoms with Crippen LogP contribution in [0.15, 0.2) is 22.8 Å². The Morgan fingerprint density at radius 2 is 1.33 bits per heavy atom. The summed E-state index contributed by atoms with van der Waals surface area (Å²) in [5.41, 5.74) is -0.509. The monoisotopic (exact) mass is 193 g/mol. The summed E-state index contributed by atoms with van der Waals surface area (Å²) in [5, 5.41) is 42.4. The molecule has 0 bridgehead atoms. The van der Waals surface area contributed by atoms with Crippen molar-refractivity contribution < 1.29 is 0 Å². The van der Waals surface area contributed by atoms with Crippen molar-refractivity contribution in [3.8, 4) is 30.3 Å². The first kappa shape index (κ1) is 11.9. The molecule has 0 N–H and O–H groups in total. The molecule has 0 aromatic carbocycles. The van der Waals surface area contributed by atoms with E-state index in [4.69, 9.17) is 26.3 Å². The van der Waals surface area contributed by atoms with Crippen LogP contribution in [0.1, 0.15) is 6.42 Å². The number of rotatable bonds is 2. The van der Waals surface area contributed by atoms with E-state index in [2.05, 4.69) is 0 Å². The van der Waals surface area contributed by atoms with E-state index in [0.717, 1.165) is 0 Å². The maximum absolute atomic E-state index is 8.61. The molecular weight excluding hydrogens is 190 g/mol. The number of hydrogen-bond acceptors (Lipinski definition) is 5. The van der Waals surface area contributed by atoms with E-state index in [1.807, 2.05) is 0 Å². The van der Waals surface area contributed by atoms with Crippen molar-refractivity contribution in [1.82, 2.24) is 0 Å². The molecule has 0 spiro atoms. The van der Waals surface area contributed by atoms with Crippen LogP contribution in [0.4, 0.5) is 0 Å². The van der Waals surface area contributed by atoms with Gasteiger partial charge in [0.05, 0.1) is 11.6 Å². The van der Waals surface area contributed by atoms with Crippen LogP contribution < -0.4 is 0 Å². The lowest BCUT2D eigenvalue weighted by molar-refractivity contribution is 1.24. The molecule has 0 aliphatic heterocycles. The molecule has 0 aliphatic carbocycles. The van der Waals surface area contributed by atoms with E-state index in [9.17, 15) is 0 Å². The Morgan fingerprint density at radius 1 is 0.800 bits per heavy atom. The third-order valence-corrected chi connectivity index (χ3v) is 1.41. The second kappa shape index (κ2) is 6.45. The van der Waals surface area contributed by atoms with Gasteiger partial charge in [-0.05, 0) is 0 Å². The molecule has 15 heavy (non-hydrogen) atoms. The van der Waals surface area contributed by atoms with Crippen LogP contribution in [0, 0.1) is 56.7 Å². The largest absolute Gasteiger partial charge is 0.193 e. The van der Waals surface area contributed by atoms with Gasteiger partial charge in [0, 0.05) is 6.42 Å². The van der Waals surface area contributed by atoms with Crippen molar-refractivity contribution in [3.05, 3.63) is 22.8 Å². The molecule has 0 atom stereocenters. The molecule has 0 radical (unpaired) electrons. The highest BCUT2D eigenvalue weighted by Gasteiger charge is 2.04. The number of nitriles is 5. The van der Waals surface area contributed by atoms with Gasteiger partial charge < -0.3 is 0 Å². The predicted molar refractivity (Wildman–Crippen MR) is 47.8 cm³/mol. The molecule has 5 heteroatoms. The van der Waals surface area contributed by atoms with Crippen LogP contribution in [-0.4, -0.2) is 0 Å². The first-order valence-electron chi connectivity index (χ1n) is 3.67. The topological polar surface area (TPSA) is 119 Å². The zero-order valence-corrected chi connectivity index (χ0v) is 7.52. The minimum absolute atomic E-state index is 0.0528. The highest BCUT2D eigenvalue weighted by atomic mass is 14.3. The fourth-order valence-corrected chi connectivity index (χ4v) is 0.684. The Bertz CT molecular complexity index is 485. The van der Waals surface area contributed by atoms with Crippen LogP contribution in [0.25, 0.3) is 0 Å². The lowest BCUT2D eigenvalue weighted by Crippen LogP contribution is -1.85. The third-order valence-electron chi connectivity index (χ3n) is 1.41. The standard InChI is InChI=1S/C10H3N5/c11-3-8(4-12)1-2-9(5-13)10(6-14)7-15/h1H,2H2. The SMILES string of the molecule is N#CC(C#N)=CCC(C#N)=C(C#N)C#N. The maximum atomic E-state index is 8.61. The van der Waals surface area contributed by atoms with Gasteiger partial charge >= 0.3 is 0 Å². The zero-order chi connectivity index (χ0) is 11.7. The van der Waals surface area contributed by atoms with Gasteiger partial charge in [0.25, 0.3) is 0 Å². The normalized spacial score (nSPS) is 6.60. The first-order chi connectivity index (χ1) is 7.23. The highest BCUT2D eigenvalue weighted by molar-refractivity contribution is 5.48. The molecule has 0 rings (SSSR count). The van der Waals surface area contributed by atoms with Crippen LogP contribution in [0.5, 0.6) is 0 Å². The highest BCUT2D eigenvalue weighted by Crippen LogP contribution is 2.09. The number of allylic oxidation sites excluding steroid dienone is 4. The Morgan fingerprint density at radius 3 is 1.67 bits per heavy atom. The molecule has 0 heterocycles. The summed E-state index contributed by atoms with van der Waals surface area (Å²) in [7, 11) is 0. The van der Waals surface area contributed by atoms with Crippen molar-refractivity contribution >= 4 is 0 Å². The van der Waals surface area contributed by atoms with Crippen molar-refractivity contribution in [3.63, 3.8) is 0 Å². The van der Waals surface area contributed by atoms with Gasteiger partial charge in [-0.2, -0.15) is 26.3 Å². The van der Waals surface area contributed by atoms with Crippen LogP contribution in [-0.2, 0) is 0 Å². The molecule has 0 saturated heterocycles. The molecular formula is C10H3N5. The Balaban J connectivity index is 5.10. The Labute approximate surface area is 86.6 Å². The quantitative estimate of drug-likeness (QED) is 0.610. The summed E-state index contributed by atoms with van der Waals surface area (Å²) >= 11 is 0. The minimum atomic E-state index is -0.302. The van der Waals surface area contributed by atoms with Crippen LogP contribution in [0.2, 0.25) is 0 Å². The van der Waals surface area contributed by atoms with Crippen LogP contribution in [0.3, 0.4) is 0 Å². The first-order valence-corrected chi connectivity index (χ1v) is 3.67. The smallest absolute Gasteiger partial charge is 0.143 e. The van der Waals surface area contributed by atoms with E-state index in [0.29, 0.717) is 0 Å². The second-order valence-corrected chi connectivity index (χ2v) is 2.23. The minimum Gasteiger partial charge on any atom is -0.193 e. The number of nitrogens with zero attached hydrogens (tertiary/aromatic N) is 5. The van der Waals surface area contributed by atoms with Gasteiger partial charge in [0.1, 0.15) is 35.4 Å². The Hall–Kier alpha value is -3.07. The lowest BCUT2D eigenvalue weighted by Gasteiger charge is -1.90. The molecule has 0 fully saturated rings. The van der Waals surface area contributed by atoms with E-state index >= 15 is 0 Å². The van der Waals surface area contributed by atoms with Gasteiger partial charge in [-0.25, -0.2) is 0 Å². The van der Waals surface area contributed by atoms with Crippen molar-refractivity contribution in [2.45, 2.75) is 6.42 Å². The summed E-state index contributed by atoms with van der Waals surface area (Å²) in [4.78, 5) is 0. The van der Waals surface area contributed by atoms with E-state index in [1.165, 1.54) is 6.08 Å². The van der Waals surface area contributed by atoms with Crippen LogP contribution >= 0.6 is 0 Å². The molecule has 0 amide bonds. The summed E-state index contributed by atoms with van der Waals surface area (Å²) in [5.74, 6) is 0. The predicted octanol–water partition coefficient (Wildman–Crippen LogP) is 1.22. The fraction of sp³-hybridized carbons (Fsp3) is 0.100. The molecule has 0 aromatic rings. The van der Waals surface area contributed by atoms with E-state index < -0.39 is 0 Å². The van der Waals surface area contributed by atoms with E-state index in [1.54, 1.807) is 30.3 Å².